The smallest absolute Gasteiger partial charge is 0.210 e. The van der Waals surface area contributed by atoms with Crippen LogP contribution in [-0.4, -0.2) is 15.5 Å². The summed E-state index contributed by atoms with van der Waals surface area (Å²) >= 11 is 0. The van der Waals surface area contributed by atoms with E-state index in [9.17, 15) is 12.8 Å². The lowest BCUT2D eigenvalue weighted by atomic mass is 10.1. The first-order chi connectivity index (χ1) is 11.5. The van der Waals surface area contributed by atoms with Crippen molar-refractivity contribution >= 4 is 22.2 Å². The molecule has 4 nitrogen and oxygen atoms in total. The Hall–Kier alpha value is -2.15. The van der Waals surface area contributed by atoms with E-state index in [2.05, 4.69) is 5.32 Å². The highest BCUT2D eigenvalue weighted by molar-refractivity contribution is 7.91. The second-order valence-corrected chi connectivity index (χ2v) is 7.15. The van der Waals surface area contributed by atoms with Gasteiger partial charge in [-0.3, -0.25) is 0 Å². The van der Waals surface area contributed by atoms with Crippen molar-refractivity contribution in [3.05, 3.63) is 72.2 Å². The Kier molecular flexibility index (Phi) is 6.00. The summed E-state index contributed by atoms with van der Waals surface area (Å²) in [6.07, 6.45) is 0. The summed E-state index contributed by atoms with van der Waals surface area (Å²) in [5, 5.41) is 2.90. The summed E-state index contributed by atoms with van der Waals surface area (Å²) < 4.78 is 45.7. The van der Waals surface area contributed by atoms with E-state index in [1.807, 2.05) is 0 Å². The lowest BCUT2D eigenvalue weighted by Crippen LogP contribution is -2.04. The van der Waals surface area contributed by atoms with E-state index >= 15 is 0 Å². The molecule has 0 fully saturated rings. The number of rotatable bonds is 5. The van der Waals surface area contributed by atoms with Gasteiger partial charge in [0.25, 0.3) is 0 Å². The van der Waals surface area contributed by atoms with E-state index in [1.165, 1.54) is 30.3 Å². The minimum atomic E-state index is -3.82. The van der Waals surface area contributed by atoms with Gasteiger partial charge in [0.2, 0.25) is 9.84 Å². The lowest BCUT2D eigenvalue weighted by Gasteiger charge is -2.06. The van der Waals surface area contributed by atoms with Gasteiger partial charge in [-0.2, -0.15) is 0 Å². The molecule has 0 radical (unpaired) electrons. The third-order valence-corrected chi connectivity index (χ3v) is 5.34. The van der Waals surface area contributed by atoms with Crippen LogP contribution in [0.4, 0.5) is 4.39 Å². The maximum Gasteiger partial charge on any atom is 0.210 e. The number of hydrogen-bond acceptors (Lipinski definition) is 4. The van der Waals surface area contributed by atoms with Gasteiger partial charge in [0.05, 0.1) is 17.0 Å². The molecule has 1 heterocycles. The molecule has 3 aromatic rings. The largest absolute Gasteiger partial charge is 0.458 e. The zero-order valence-corrected chi connectivity index (χ0v) is 15.0. The quantitative estimate of drug-likeness (QED) is 0.724. The molecular formula is C18H17ClFNO3S. The summed E-state index contributed by atoms with van der Waals surface area (Å²) in [5.74, 6) is -0.0974. The van der Waals surface area contributed by atoms with Crippen LogP contribution in [0.5, 0.6) is 0 Å². The minimum absolute atomic E-state index is 0. The van der Waals surface area contributed by atoms with E-state index < -0.39 is 15.7 Å². The van der Waals surface area contributed by atoms with Crippen molar-refractivity contribution in [1.29, 1.82) is 0 Å². The summed E-state index contributed by atoms with van der Waals surface area (Å²) in [5.41, 5.74) is 0.120. The molecule has 3 rings (SSSR count). The van der Waals surface area contributed by atoms with E-state index in [4.69, 9.17) is 4.42 Å². The van der Waals surface area contributed by atoms with Crippen LogP contribution >= 0.6 is 12.4 Å². The number of hydrogen-bond donors (Lipinski definition) is 1. The minimum Gasteiger partial charge on any atom is -0.458 e. The molecule has 0 aliphatic carbocycles. The molecule has 0 saturated carbocycles. The molecule has 1 aromatic heterocycles. The van der Waals surface area contributed by atoms with Crippen molar-refractivity contribution in [3.8, 4) is 11.3 Å². The molecule has 7 heteroatoms. The Morgan fingerprint density at radius 1 is 1.04 bits per heavy atom. The molecule has 0 unspecified atom stereocenters. The van der Waals surface area contributed by atoms with Gasteiger partial charge in [0.15, 0.2) is 5.76 Å². The third kappa shape index (κ3) is 3.76. The Morgan fingerprint density at radius 3 is 2.32 bits per heavy atom. The predicted octanol–water partition coefficient (Wildman–Crippen LogP) is 4.06. The van der Waals surface area contributed by atoms with Gasteiger partial charge in [-0.15, -0.1) is 12.4 Å². The predicted molar refractivity (Wildman–Crippen MR) is 96.0 cm³/mol. The van der Waals surface area contributed by atoms with Gasteiger partial charge in [0.1, 0.15) is 16.5 Å². The van der Waals surface area contributed by atoms with E-state index in [0.717, 1.165) is 0 Å². The van der Waals surface area contributed by atoms with Crippen LogP contribution in [0.25, 0.3) is 11.3 Å². The Bertz CT molecular complexity index is 955. The first kappa shape index (κ1) is 19.2. The Morgan fingerprint density at radius 2 is 1.68 bits per heavy atom. The number of benzene rings is 2. The highest BCUT2D eigenvalue weighted by Gasteiger charge is 2.27. The molecule has 0 bridgehead atoms. The number of halogens is 2. The zero-order chi connectivity index (χ0) is 17.2. The standard InChI is InChI=1S/C18H16FNO3S.ClH/c1-20-12-13-11-17(24(21,22)14-7-3-2-4-8-14)18(23-13)15-9-5-6-10-16(15)19;/h2-11,20H,12H2,1H3;1H. The highest BCUT2D eigenvalue weighted by atomic mass is 35.5. The monoisotopic (exact) mass is 381 g/mol. The zero-order valence-electron chi connectivity index (χ0n) is 13.4. The van der Waals surface area contributed by atoms with Crippen molar-refractivity contribution in [1.82, 2.24) is 5.32 Å². The average Bonchev–Trinajstić information content (AvgIpc) is 3.01. The molecule has 0 spiro atoms. The van der Waals surface area contributed by atoms with Crippen LogP contribution in [0.2, 0.25) is 0 Å². The van der Waals surface area contributed by atoms with Gasteiger partial charge in [-0.25, -0.2) is 12.8 Å². The molecule has 132 valence electrons. The second kappa shape index (κ2) is 7.82. The first-order valence-corrected chi connectivity index (χ1v) is 8.84. The van der Waals surface area contributed by atoms with Crippen LogP contribution < -0.4 is 5.32 Å². The number of nitrogens with one attached hydrogen (secondary N) is 1. The van der Waals surface area contributed by atoms with E-state index in [0.29, 0.717) is 12.3 Å². The van der Waals surface area contributed by atoms with Crippen LogP contribution in [0, 0.1) is 5.82 Å². The third-order valence-electron chi connectivity index (χ3n) is 3.56. The summed E-state index contributed by atoms with van der Waals surface area (Å²) in [7, 11) is -2.10. The molecule has 0 atom stereocenters. The topological polar surface area (TPSA) is 59.3 Å². The molecule has 0 saturated heterocycles. The molecule has 1 N–H and O–H groups in total. The number of sulfone groups is 1. The fourth-order valence-electron chi connectivity index (χ4n) is 2.44. The van der Waals surface area contributed by atoms with Crippen molar-refractivity contribution in [3.63, 3.8) is 0 Å². The molecule has 2 aromatic carbocycles. The van der Waals surface area contributed by atoms with Crippen molar-refractivity contribution in [2.75, 3.05) is 7.05 Å². The molecule has 0 amide bonds. The van der Waals surface area contributed by atoms with Crippen molar-refractivity contribution in [2.45, 2.75) is 16.3 Å². The molecule has 25 heavy (non-hydrogen) atoms. The van der Waals surface area contributed by atoms with Gasteiger partial charge < -0.3 is 9.73 Å². The summed E-state index contributed by atoms with van der Waals surface area (Å²) in [6.45, 7) is 0.339. The fraction of sp³-hybridized carbons (Fsp3) is 0.111. The van der Waals surface area contributed by atoms with E-state index in [1.54, 1.807) is 37.4 Å². The molecule has 0 aliphatic rings. The Labute approximate surface area is 152 Å². The lowest BCUT2D eigenvalue weighted by molar-refractivity contribution is 0.500. The average molecular weight is 382 g/mol. The fourth-order valence-corrected chi connectivity index (χ4v) is 3.89. The van der Waals surface area contributed by atoms with Crippen LogP contribution in [-0.2, 0) is 16.4 Å². The van der Waals surface area contributed by atoms with Crippen LogP contribution in [0.15, 0.2) is 74.9 Å². The van der Waals surface area contributed by atoms with Gasteiger partial charge >= 0.3 is 0 Å². The van der Waals surface area contributed by atoms with E-state index in [-0.39, 0.29) is 33.5 Å². The van der Waals surface area contributed by atoms with Gasteiger partial charge in [-0.05, 0) is 31.3 Å². The summed E-state index contributed by atoms with van der Waals surface area (Å²) in [6, 6.07) is 15.4. The normalized spacial score (nSPS) is 11.1. The summed E-state index contributed by atoms with van der Waals surface area (Å²) in [4.78, 5) is 0.100. The maximum atomic E-state index is 14.2. The van der Waals surface area contributed by atoms with Crippen molar-refractivity contribution < 1.29 is 17.2 Å². The first-order valence-electron chi connectivity index (χ1n) is 7.36. The van der Waals surface area contributed by atoms with Crippen LogP contribution in [0.3, 0.4) is 0 Å². The van der Waals surface area contributed by atoms with Gasteiger partial charge in [0, 0.05) is 6.07 Å². The molecular weight excluding hydrogens is 365 g/mol. The molecule has 0 aliphatic heterocycles. The van der Waals surface area contributed by atoms with Crippen molar-refractivity contribution in [2.24, 2.45) is 0 Å². The SMILES string of the molecule is CNCc1cc(S(=O)(=O)c2ccccc2)c(-c2ccccc2F)o1.Cl. The highest BCUT2D eigenvalue weighted by Crippen LogP contribution is 2.35. The second-order valence-electron chi connectivity index (χ2n) is 5.23. The van der Waals surface area contributed by atoms with Gasteiger partial charge in [-0.1, -0.05) is 30.3 Å². The maximum absolute atomic E-state index is 14.2. The Balaban J connectivity index is 0.00000225. The number of furan rings is 1. The van der Waals surface area contributed by atoms with Crippen LogP contribution in [0.1, 0.15) is 5.76 Å².